The van der Waals surface area contributed by atoms with E-state index in [-0.39, 0.29) is 33.7 Å². The van der Waals surface area contributed by atoms with Crippen LogP contribution in [0, 0.1) is 33.8 Å². The van der Waals surface area contributed by atoms with E-state index in [9.17, 15) is 29.3 Å². The Morgan fingerprint density at radius 3 is 2.29 bits per heavy atom. The molecule has 0 spiro atoms. The number of nitrogens with zero attached hydrogens (tertiary/aromatic N) is 3. The van der Waals surface area contributed by atoms with Gasteiger partial charge in [-0.2, -0.15) is 5.01 Å². The smallest absolute Gasteiger partial charge is 0.273 e. The normalized spacial score (nSPS) is 24.1. The maximum Gasteiger partial charge on any atom is 0.273 e. The summed E-state index contributed by atoms with van der Waals surface area (Å²) < 4.78 is 0. The molecule has 178 valence electrons. The third-order valence-corrected chi connectivity index (χ3v) is 7.30. The number of amides is 3. The molecule has 3 amide bonds. The molecule has 3 aliphatic rings. The predicted molar refractivity (Wildman–Crippen MR) is 124 cm³/mol. The van der Waals surface area contributed by atoms with Gasteiger partial charge in [0.25, 0.3) is 23.4 Å². The zero-order valence-corrected chi connectivity index (χ0v) is 19.5. The number of halogens is 2. The van der Waals surface area contributed by atoms with Gasteiger partial charge in [0.15, 0.2) is 5.78 Å². The Hall–Kier alpha value is -3.56. The molecule has 35 heavy (non-hydrogen) atoms. The van der Waals surface area contributed by atoms with E-state index in [1.54, 1.807) is 0 Å². The lowest BCUT2D eigenvalue weighted by Crippen LogP contribution is -2.52. The van der Waals surface area contributed by atoms with Crippen LogP contribution in [0.5, 0.6) is 0 Å². The minimum Gasteiger partial charge on any atom is -0.292 e. The van der Waals surface area contributed by atoms with Gasteiger partial charge in [0.1, 0.15) is 6.54 Å². The highest BCUT2D eigenvalue weighted by Gasteiger charge is 2.61. The number of non-ortho nitro benzene ring substituents is 1. The number of fused-ring (bicyclic) bond motifs is 5. The zero-order valence-electron chi connectivity index (χ0n) is 18.0. The van der Waals surface area contributed by atoms with Crippen molar-refractivity contribution in [2.75, 3.05) is 6.54 Å². The van der Waals surface area contributed by atoms with Gasteiger partial charge in [0, 0.05) is 28.3 Å². The summed E-state index contributed by atoms with van der Waals surface area (Å²) in [6.45, 7) is -0.678. The third-order valence-electron chi connectivity index (χ3n) is 6.75. The molecule has 0 N–H and O–H groups in total. The average Bonchev–Trinajstić information content (AvgIpc) is 3.51. The summed E-state index contributed by atoms with van der Waals surface area (Å²) in [6, 6.07) is 9.07. The number of nitro groups is 1. The Kier molecular flexibility index (Phi) is 5.69. The summed E-state index contributed by atoms with van der Waals surface area (Å²) >= 11 is 12.1. The average molecular weight is 514 g/mol. The van der Waals surface area contributed by atoms with Gasteiger partial charge < -0.3 is 0 Å². The second-order valence-electron chi connectivity index (χ2n) is 8.71. The first-order chi connectivity index (χ1) is 16.7. The highest BCUT2D eigenvalue weighted by Crippen LogP contribution is 2.52. The standard InChI is InChI=1S/C24H17Cl2N3O6/c25-15-6-7-17(18(26)10-15)19(30)11-27(22(31)14-2-1-3-16(9-14)29(34)35)28-23(32)20-12-4-5-13(8-12)21(20)24(28)33/h1-7,9-10,12-13,20-21H,8,11H2/t12-,13-,20+,21+/m0/s1. The minimum atomic E-state index is -0.894. The van der Waals surface area contributed by atoms with Crippen molar-refractivity contribution in [1.29, 1.82) is 0 Å². The topological polar surface area (TPSA) is 118 Å². The molecule has 2 aliphatic carbocycles. The van der Waals surface area contributed by atoms with Crippen LogP contribution in [0.4, 0.5) is 5.69 Å². The Labute approximate surface area is 209 Å². The van der Waals surface area contributed by atoms with Gasteiger partial charge in [-0.3, -0.25) is 29.3 Å². The lowest BCUT2D eigenvalue weighted by Gasteiger charge is -2.30. The van der Waals surface area contributed by atoms with E-state index in [1.807, 2.05) is 12.2 Å². The molecule has 2 bridgehead atoms. The molecular formula is C24H17Cl2N3O6. The number of hydrazine groups is 1. The Morgan fingerprint density at radius 2 is 1.69 bits per heavy atom. The molecular weight excluding hydrogens is 497 g/mol. The number of hydrogen-bond donors (Lipinski definition) is 0. The van der Waals surface area contributed by atoms with Crippen molar-refractivity contribution in [3.05, 3.63) is 85.9 Å². The SMILES string of the molecule is O=C(CN(C(=O)c1cccc([N+](=O)[O-])c1)N1C(=O)[C@H]2[C@H](C1=O)[C@H]1C=C[C@H]2C1)c1ccc(Cl)cc1Cl. The van der Waals surface area contributed by atoms with Gasteiger partial charge in [0.2, 0.25) is 0 Å². The fourth-order valence-electron chi connectivity index (χ4n) is 5.20. The van der Waals surface area contributed by atoms with E-state index >= 15 is 0 Å². The molecule has 4 atom stereocenters. The maximum absolute atomic E-state index is 13.5. The van der Waals surface area contributed by atoms with Crippen LogP contribution in [0.3, 0.4) is 0 Å². The van der Waals surface area contributed by atoms with E-state index in [0.29, 0.717) is 11.4 Å². The van der Waals surface area contributed by atoms with Gasteiger partial charge in [-0.25, -0.2) is 5.01 Å². The molecule has 1 aliphatic heterocycles. The van der Waals surface area contributed by atoms with E-state index in [2.05, 4.69) is 0 Å². The largest absolute Gasteiger partial charge is 0.292 e. The van der Waals surface area contributed by atoms with Crippen molar-refractivity contribution in [3.63, 3.8) is 0 Å². The zero-order chi connectivity index (χ0) is 25.0. The number of nitro benzene ring substituents is 1. The van der Waals surface area contributed by atoms with Crippen LogP contribution >= 0.6 is 23.2 Å². The lowest BCUT2D eigenvalue weighted by molar-refractivity contribution is -0.384. The van der Waals surface area contributed by atoms with Crippen LogP contribution in [0.2, 0.25) is 10.0 Å². The quantitative estimate of drug-likeness (QED) is 0.189. The van der Waals surface area contributed by atoms with Crippen molar-refractivity contribution in [2.24, 2.45) is 23.7 Å². The van der Waals surface area contributed by atoms with Crippen LogP contribution < -0.4 is 0 Å². The summed E-state index contributed by atoms with van der Waals surface area (Å²) in [7, 11) is 0. The Bertz CT molecular complexity index is 1310. The van der Waals surface area contributed by atoms with Gasteiger partial charge in [-0.1, -0.05) is 41.4 Å². The van der Waals surface area contributed by atoms with Crippen LogP contribution in [-0.2, 0) is 9.59 Å². The first-order valence-electron chi connectivity index (χ1n) is 10.8. The second-order valence-corrected chi connectivity index (χ2v) is 9.55. The molecule has 0 radical (unpaired) electrons. The highest BCUT2D eigenvalue weighted by molar-refractivity contribution is 6.37. The first kappa shape index (κ1) is 23.2. The van der Waals surface area contributed by atoms with Crippen molar-refractivity contribution in [2.45, 2.75) is 6.42 Å². The molecule has 11 heteroatoms. The summed E-state index contributed by atoms with van der Waals surface area (Å²) in [6.07, 6.45) is 4.51. The van der Waals surface area contributed by atoms with Crippen LogP contribution in [0.1, 0.15) is 27.1 Å². The third kappa shape index (κ3) is 3.81. The number of hydrogen-bond acceptors (Lipinski definition) is 6. The fourth-order valence-corrected chi connectivity index (χ4v) is 5.71. The van der Waals surface area contributed by atoms with Crippen LogP contribution in [-0.4, -0.2) is 45.0 Å². The number of rotatable bonds is 6. The Morgan fingerprint density at radius 1 is 1.03 bits per heavy atom. The molecule has 9 nitrogen and oxygen atoms in total. The minimum absolute atomic E-state index is 0.0448. The summed E-state index contributed by atoms with van der Waals surface area (Å²) in [5.74, 6) is -4.08. The number of carbonyl (C=O) groups is 4. The molecule has 1 saturated carbocycles. The fraction of sp³-hybridized carbons (Fsp3) is 0.250. The van der Waals surface area contributed by atoms with Gasteiger partial charge in [-0.15, -0.1) is 0 Å². The summed E-state index contributed by atoms with van der Waals surface area (Å²) in [4.78, 5) is 64.0. The van der Waals surface area contributed by atoms with Crippen molar-refractivity contribution < 1.29 is 24.1 Å². The molecule has 1 saturated heterocycles. The molecule has 2 aromatic carbocycles. The van der Waals surface area contributed by atoms with Gasteiger partial charge >= 0.3 is 0 Å². The molecule has 2 aromatic rings. The monoisotopic (exact) mass is 513 g/mol. The van der Waals surface area contributed by atoms with E-state index in [1.165, 1.54) is 36.4 Å². The van der Waals surface area contributed by atoms with E-state index in [4.69, 9.17) is 23.2 Å². The number of Topliss-reactive ketones (excluding diaryl/α,β-unsaturated/α-hetero) is 1. The van der Waals surface area contributed by atoms with Crippen LogP contribution in [0.15, 0.2) is 54.6 Å². The summed E-state index contributed by atoms with van der Waals surface area (Å²) in [5.41, 5.74) is -0.442. The predicted octanol–water partition coefficient (Wildman–Crippen LogP) is 3.95. The van der Waals surface area contributed by atoms with E-state index < -0.39 is 46.8 Å². The lowest BCUT2D eigenvalue weighted by atomic mass is 9.85. The number of carbonyl (C=O) groups excluding carboxylic acids is 4. The number of imide groups is 1. The van der Waals surface area contributed by atoms with Crippen LogP contribution in [0.25, 0.3) is 0 Å². The number of ketones is 1. The van der Waals surface area contributed by atoms with E-state index in [0.717, 1.165) is 16.1 Å². The highest BCUT2D eigenvalue weighted by atomic mass is 35.5. The Balaban J connectivity index is 1.53. The van der Waals surface area contributed by atoms with Gasteiger partial charge in [-0.05, 0) is 42.5 Å². The van der Waals surface area contributed by atoms with Crippen molar-refractivity contribution >= 4 is 52.4 Å². The number of benzene rings is 2. The van der Waals surface area contributed by atoms with Gasteiger partial charge in [0.05, 0.1) is 21.8 Å². The molecule has 0 aromatic heterocycles. The molecule has 5 rings (SSSR count). The summed E-state index contributed by atoms with van der Waals surface area (Å²) in [5, 5.41) is 13.1. The number of allylic oxidation sites excluding steroid dienone is 2. The maximum atomic E-state index is 13.5. The second kappa shape index (κ2) is 8.58. The van der Waals surface area contributed by atoms with Crippen molar-refractivity contribution in [3.8, 4) is 0 Å². The molecule has 1 heterocycles. The first-order valence-corrected chi connectivity index (χ1v) is 11.5. The molecule has 2 fully saturated rings. The molecule has 0 unspecified atom stereocenters. The van der Waals surface area contributed by atoms with Crippen molar-refractivity contribution in [1.82, 2.24) is 10.0 Å².